The molecule has 0 radical (unpaired) electrons. The van der Waals surface area contributed by atoms with Gasteiger partial charge in [-0.15, -0.1) is 0 Å². The average molecular weight is 258 g/mol. The van der Waals surface area contributed by atoms with Gasteiger partial charge in [0, 0.05) is 13.0 Å². The van der Waals surface area contributed by atoms with Crippen molar-refractivity contribution < 1.29 is 5.11 Å². The number of nitrogens with zero attached hydrogens (tertiary/aromatic N) is 2. The lowest BCUT2D eigenvalue weighted by Gasteiger charge is -2.17. The van der Waals surface area contributed by atoms with Crippen LogP contribution in [0.3, 0.4) is 0 Å². The van der Waals surface area contributed by atoms with Crippen molar-refractivity contribution in [3.05, 3.63) is 30.1 Å². The summed E-state index contributed by atoms with van der Waals surface area (Å²) < 4.78 is 2.23. The van der Waals surface area contributed by atoms with Crippen LogP contribution in [0.25, 0.3) is 11.0 Å². The summed E-state index contributed by atoms with van der Waals surface area (Å²) in [5.41, 5.74) is 2.22. The summed E-state index contributed by atoms with van der Waals surface area (Å²) in [6.07, 6.45) is 5.34. The molecule has 1 atom stereocenters. The molecule has 2 aromatic rings. The third-order valence-corrected chi connectivity index (χ3v) is 4.39. The van der Waals surface area contributed by atoms with Crippen molar-refractivity contribution >= 4 is 11.0 Å². The maximum atomic E-state index is 10.4. The fourth-order valence-electron chi connectivity index (χ4n) is 3.33. The number of rotatable bonds is 4. The zero-order valence-corrected chi connectivity index (χ0v) is 11.5. The van der Waals surface area contributed by atoms with Crippen molar-refractivity contribution in [2.75, 3.05) is 0 Å². The first kappa shape index (κ1) is 12.7. The van der Waals surface area contributed by atoms with Crippen LogP contribution >= 0.6 is 0 Å². The molecule has 1 saturated carbocycles. The number of aliphatic hydroxyl groups is 1. The van der Waals surface area contributed by atoms with Crippen LogP contribution < -0.4 is 0 Å². The lowest BCUT2D eigenvalue weighted by molar-refractivity contribution is 0.108. The van der Waals surface area contributed by atoms with Crippen LogP contribution in [-0.4, -0.2) is 20.8 Å². The largest absolute Gasteiger partial charge is 0.392 e. The summed E-state index contributed by atoms with van der Waals surface area (Å²) >= 11 is 0. The molecule has 0 aliphatic heterocycles. The number of benzene rings is 1. The Labute approximate surface area is 114 Å². The fourth-order valence-corrected chi connectivity index (χ4v) is 3.33. The van der Waals surface area contributed by atoms with E-state index >= 15 is 0 Å². The normalized spacial score (nSPS) is 18.2. The van der Waals surface area contributed by atoms with Gasteiger partial charge >= 0.3 is 0 Å². The zero-order chi connectivity index (χ0) is 13.2. The van der Waals surface area contributed by atoms with Crippen molar-refractivity contribution in [1.82, 2.24) is 9.55 Å². The molecule has 102 valence electrons. The first-order chi connectivity index (χ1) is 9.29. The minimum Gasteiger partial charge on any atom is -0.392 e. The molecule has 1 N–H and O–H groups in total. The van der Waals surface area contributed by atoms with Crippen LogP contribution in [0.1, 0.15) is 38.4 Å². The highest BCUT2D eigenvalue weighted by molar-refractivity contribution is 5.75. The van der Waals surface area contributed by atoms with Crippen molar-refractivity contribution in [2.45, 2.75) is 51.7 Å². The van der Waals surface area contributed by atoms with E-state index in [1.54, 1.807) is 0 Å². The minimum atomic E-state index is -0.232. The van der Waals surface area contributed by atoms with Gasteiger partial charge in [-0.2, -0.15) is 0 Å². The molecule has 0 spiro atoms. The SMILES string of the molecule is CCn1c(CC(O)C2CCCC2)nc2ccccc21. The van der Waals surface area contributed by atoms with Gasteiger partial charge in [0.15, 0.2) is 0 Å². The third kappa shape index (κ3) is 2.39. The van der Waals surface area contributed by atoms with E-state index in [0.717, 1.165) is 17.9 Å². The molecule has 0 amide bonds. The van der Waals surface area contributed by atoms with E-state index in [1.807, 2.05) is 18.2 Å². The van der Waals surface area contributed by atoms with Crippen LogP contribution in [-0.2, 0) is 13.0 Å². The summed E-state index contributed by atoms with van der Waals surface area (Å²) in [6.45, 7) is 3.05. The van der Waals surface area contributed by atoms with E-state index in [0.29, 0.717) is 12.3 Å². The molecule has 0 bridgehead atoms. The van der Waals surface area contributed by atoms with Gasteiger partial charge in [-0.25, -0.2) is 4.98 Å². The number of hydrogen-bond donors (Lipinski definition) is 1. The van der Waals surface area contributed by atoms with E-state index in [9.17, 15) is 5.11 Å². The summed E-state index contributed by atoms with van der Waals surface area (Å²) in [6, 6.07) is 8.23. The number of aryl methyl sites for hydroxylation is 1. The second-order valence-corrected chi connectivity index (χ2v) is 5.58. The molecule has 0 saturated heterocycles. The maximum Gasteiger partial charge on any atom is 0.112 e. The molecule has 1 aromatic heterocycles. The number of hydrogen-bond acceptors (Lipinski definition) is 2. The van der Waals surface area contributed by atoms with Crippen molar-refractivity contribution in [3.8, 4) is 0 Å². The van der Waals surface area contributed by atoms with Gasteiger partial charge in [0.05, 0.1) is 17.1 Å². The van der Waals surface area contributed by atoms with E-state index in [4.69, 9.17) is 4.98 Å². The molecule has 1 unspecified atom stereocenters. The Kier molecular flexibility index (Phi) is 3.56. The zero-order valence-electron chi connectivity index (χ0n) is 11.5. The Hall–Kier alpha value is -1.35. The number of fused-ring (bicyclic) bond motifs is 1. The molecule has 3 rings (SSSR count). The second-order valence-electron chi connectivity index (χ2n) is 5.58. The van der Waals surface area contributed by atoms with Gasteiger partial charge in [-0.3, -0.25) is 0 Å². The van der Waals surface area contributed by atoms with Gasteiger partial charge < -0.3 is 9.67 Å². The molecular weight excluding hydrogens is 236 g/mol. The molecule has 19 heavy (non-hydrogen) atoms. The quantitative estimate of drug-likeness (QED) is 0.914. The van der Waals surface area contributed by atoms with Crippen LogP contribution in [0.4, 0.5) is 0 Å². The number of para-hydroxylation sites is 2. The maximum absolute atomic E-state index is 10.4. The molecule has 1 aliphatic carbocycles. The highest BCUT2D eigenvalue weighted by atomic mass is 16.3. The lowest BCUT2D eigenvalue weighted by atomic mass is 9.98. The van der Waals surface area contributed by atoms with Crippen molar-refractivity contribution in [2.24, 2.45) is 5.92 Å². The van der Waals surface area contributed by atoms with Crippen molar-refractivity contribution in [3.63, 3.8) is 0 Å². The minimum absolute atomic E-state index is 0.232. The topological polar surface area (TPSA) is 38.0 Å². The monoisotopic (exact) mass is 258 g/mol. The Balaban J connectivity index is 1.87. The van der Waals surface area contributed by atoms with Crippen LogP contribution in [0.5, 0.6) is 0 Å². The van der Waals surface area contributed by atoms with Crippen LogP contribution in [0, 0.1) is 5.92 Å². The summed E-state index contributed by atoms with van der Waals surface area (Å²) in [5, 5.41) is 10.4. The van der Waals surface area contributed by atoms with Gasteiger partial charge in [0.25, 0.3) is 0 Å². The van der Waals surface area contributed by atoms with Crippen molar-refractivity contribution in [1.29, 1.82) is 0 Å². The van der Waals surface area contributed by atoms with E-state index in [2.05, 4.69) is 17.6 Å². The highest BCUT2D eigenvalue weighted by Crippen LogP contribution is 2.29. The fraction of sp³-hybridized carbons (Fsp3) is 0.562. The highest BCUT2D eigenvalue weighted by Gasteiger charge is 2.25. The standard InChI is InChI=1S/C16H22N2O/c1-2-18-14-10-6-5-9-13(14)17-16(18)11-15(19)12-7-3-4-8-12/h5-6,9-10,12,15,19H,2-4,7-8,11H2,1H3. The first-order valence-electron chi connectivity index (χ1n) is 7.41. The molecule has 1 fully saturated rings. The molecular formula is C16H22N2O. The Morgan fingerprint density at radius 3 is 2.79 bits per heavy atom. The predicted octanol–water partition coefficient (Wildman–Crippen LogP) is 3.15. The van der Waals surface area contributed by atoms with E-state index in [1.165, 1.54) is 31.2 Å². The Morgan fingerprint density at radius 2 is 2.05 bits per heavy atom. The third-order valence-electron chi connectivity index (χ3n) is 4.39. The Bertz CT molecular complexity index is 555. The number of imidazole rings is 1. The van der Waals surface area contributed by atoms with Crippen LogP contribution in [0.15, 0.2) is 24.3 Å². The predicted molar refractivity (Wildman–Crippen MR) is 77.1 cm³/mol. The van der Waals surface area contributed by atoms with Gasteiger partial charge in [0.1, 0.15) is 5.82 Å². The summed E-state index contributed by atoms with van der Waals surface area (Å²) in [5.74, 6) is 1.51. The van der Waals surface area contributed by atoms with Crippen LogP contribution in [0.2, 0.25) is 0 Å². The number of aromatic nitrogens is 2. The van der Waals surface area contributed by atoms with Gasteiger partial charge in [0.2, 0.25) is 0 Å². The molecule has 3 nitrogen and oxygen atoms in total. The lowest BCUT2D eigenvalue weighted by Crippen LogP contribution is -2.22. The smallest absolute Gasteiger partial charge is 0.112 e. The summed E-state index contributed by atoms with van der Waals surface area (Å²) in [7, 11) is 0. The molecule has 3 heteroatoms. The molecule has 1 aromatic carbocycles. The van der Waals surface area contributed by atoms with Gasteiger partial charge in [-0.1, -0.05) is 25.0 Å². The molecule has 1 heterocycles. The Morgan fingerprint density at radius 1 is 1.32 bits per heavy atom. The summed E-state index contributed by atoms with van der Waals surface area (Å²) in [4.78, 5) is 4.70. The number of aliphatic hydroxyl groups excluding tert-OH is 1. The van der Waals surface area contributed by atoms with E-state index < -0.39 is 0 Å². The molecule has 1 aliphatic rings. The first-order valence-corrected chi connectivity index (χ1v) is 7.41. The van der Waals surface area contributed by atoms with E-state index in [-0.39, 0.29) is 6.10 Å². The van der Waals surface area contributed by atoms with Gasteiger partial charge in [-0.05, 0) is 37.8 Å². The second kappa shape index (κ2) is 5.33. The average Bonchev–Trinajstić information content (AvgIpc) is 3.05.